The molecule has 0 saturated carbocycles. The number of amides is 3. The second-order valence-electron chi connectivity index (χ2n) is 8.93. The van der Waals surface area contributed by atoms with Crippen molar-refractivity contribution in [3.05, 3.63) is 85.4 Å². The Morgan fingerprint density at radius 2 is 1.54 bits per heavy atom. The fraction of sp³-hybridized carbons (Fsp3) is 0.222. The summed E-state index contributed by atoms with van der Waals surface area (Å²) >= 11 is 3.46. The molecular formula is C27H22BrN3O8. The van der Waals surface area contributed by atoms with Gasteiger partial charge in [-0.05, 0) is 54.4 Å². The summed E-state index contributed by atoms with van der Waals surface area (Å²) in [7, 11) is 4.35. The number of nitro benzene ring substituents is 1. The molecule has 39 heavy (non-hydrogen) atoms. The fourth-order valence-corrected chi connectivity index (χ4v) is 5.33. The summed E-state index contributed by atoms with van der Waals surface area (Å²) < 4.78 is 17.3. The van der Waals surface area contributed by atoms with Crippen molar-refractivity contribution in [2.45, 2.75) is 19.0 Å². The molecule has 0 aromatic heterocycles. The largest absolute Gasteiger partial charge is 0.493 e. The van der Waals surface area contributed by atoms with E-state index in [4.69, 9.17) is 14.2 Å². The molecule has 0 unspecified atom stereocenters. The highest BCUT2D eigenvalue weighted by Gasteiger charge is 2.58. The van der Waals surface area contributed by atoms with Crippen molar-refractivity contribution in [2.24, 2.45) is 0 Å². The van der Waals surface area contributed by atoms with Crippen LogP contribution < -0.4 is 19.1 Å². The van der Waals surface area contributed by atoms with Gasteiger partial charge in [0.2, 0.25) is 5.75 Å². The van der Waals surface area contributed by atoms with Crippen LogP contribution in [0, 0.1) is 17.0 Å². The first-order valence-corrected chi connectivity index (χ1v) is 12.5. The number of carbonyl (C=O) groups excluding carboxylic acids is 3. The SMILES string of the molecule is COc1cc([C@@H]2[C@H](N3C(=O)c4cccc([N+](=O)[O-])c4C3=O)C(=O)N2c2ccc(Br)c(C)c2)cc(OC)c1OC. The number of aryl methyl sites for hydroxylation is 1. The van der Waals surface area contributed by atoms with Gasteiger partial charge in [0.15, 0.2) is 11.5 Å². The molecule has 11 nitrogen and oxygen atoms in total. The van der Waals surface area contributed by atoms with Gasteiger partial charge in [-0.2, -0.15) is 0 Å². The van der Waals surface area contributed by atoms with Crippen molar-refractivity contribution in [3.63, 3.8) is 0 Å². The van der Waals surface area contributed by atoms with E-state index < -0.39 is 40.4 Å². The molecule has 0 radical (unpaired) electrons. The summed E-state index contributed by atoms with van der Waals surface area (Å²) in [6.07, 6.45) is 0. The first-order valence-electron chi connectivity index (χ1n) is 11.7. The third-order valence-electron chi connectivity index (χ3n) is 6.92. The normalized spacial score (nSPS) is 18.1. The van der Waals surface area contributed by atoms with Gasteiger partial charge in [-0.15, -0.1) is 0 Å². The number of imide groups is 1. The predicted octanol–water partition coefficient (Wildman–Crippen LogP) is 4.44. The number of rotatable bonds is 7. The Kier molecular flexibility index (Phi) is 6.51. The molecule has 200 valence electrons. The lowest BCUT2D eigenvalue weighted by molar-refractivity contribution is -0.385. The first-order chi connectivity index (χ1) is 18.6. The molecule has 1 fully saturated rings. The number of hydrogen-bond donors (Lipinski definition) is 0. The molecule has 2 aliphatic rings. The van der Waals surface area contributed by atoms with Crippen molar-refractivity contribution in [2.75, 3.05) is 26.2 Å². The molecular weight excluding hydrogens is 574 g/mol. The van der Waals surface area contributed by atoms with Crippen LogP contribution >= 0.6 is 15.9 Å². The number of hydrogen-bond acceptors (Lipinski definition) is 8. The topological polar surface area (TPSA) is 129 Å². The van der Waals surface area contributed by atoms with Crippen molar-refractivity contribution in [3.8, 4) is 17.2 Å². The Labute approximate surface area is 231 Å². The van der Waals surface area contributed by atoms with Gasteiger partial charge in [-0.1, -0.05) is 22.0 Å². The fourth-order valence-electron chi connectivity index (χ4n) is 5.09. The van der Waals surface area contributed by atoms with Crippen molar-refractivity contribution in [1.29, 1.82) is 0 Å². The first kappa shape index (κ1) is 26.2. The second-order valence-corrected chi connectivity index (χ2v) is 9.78. The highest BCUT2D eigenvalue weighted by molar-refractivity contribution is 9.10. The molecule has 5 rings (SSSR count). The molecule has 0 spiro atoms. The summed E-state index contributed by atoms with van der Waals surface area (Å²) in [5.41, 5.74) is 0.957. The van der Waals surface area contributed by atoms with E-state index in [1.54, 1.807) is 30.3 Å². The number of methoxy groups -OCH3 is 3. The molecule has 2 heterocycles. The maximum Gasteiger partial charge on any atom is 0.282 e. The minimum Gasteiger partial charge on any atom is -0.493 e. The van der Waals surface area contributed by atoms with E-state index in [0.717, 1.165) is 21.0 Å². The van der Waals surface area contributed by atoms with Gasteiger partial charge in [0.05, 0.1) is 37.9 Å². The zero-order valence-electron chi connectivity index (χ0n) is 21.3. The number of nitrogens with zero attached hydrogens (tertiary/aromatic N) is 3. The number of β-lactam (4-membered cyclic amide) rings is 1. The average molecular weight is 596 g/mol. The van der Waals surface area contributed by atoms with Gasteiger partial charge in [-0.3, -0.25) is 29.4 Å². The highest BCUT2D eigenvalue weighted by Crippen LogP contribution is 2.49. The van der Waals surface area contributed by atoms with Crippen LogP contribution in [-0.4, -0.2) is 54.9 Å². The number of carbonyl (C=O) groups is 3. The van der Waals surface area contributed by atoms with E-state index in [1.165, 1.54) is 38.4 Å². The summed E-state index contributed by atoms with van der Waals surface area (Å²) in [5.74, 6) is -1.24. The van der Waals surface area contributed by atoms with E-state index in [1.807, 2.05) is 6.92 Å². The maximum atomic E-state index is 13.8. The standard InChI is InChI=1S/C27H22BrN3O8/c1-13-10-15(8-9-17(13)28)29-22(14-11-19(37-2)24(39-4)20(12-14)38-3)23(27(29)34)30-25(32)16-6-5-7-18(31(35)36)21(16)26(30)33/h5-12,22-23H,1-4H3/t22-,23+/m1/s1. The number of benzene rings is 3. The zero-order chi connectivity index (χ0) is 28.2. The molecule has 3 aromatic rings. The van der Waals surface area contributed by atoms with Crippen molar-refractivity contribution >= 4 is 45.0 Å². The van der Waals surface area contributed by atoms with Gasteiger partial charge in [0.1, 0.15) is 11.6 Å². The Morgan fingerprint density at radius 3 is 2.10 bits per heavy atom. The summed E-state index contributed by atoms with van der Waals surface area (Å²) in [6.45, 7) is 1.87. The van der Waals surface area contributed by atoms with Crippen LogP contribution in [0.3, 0.4) is 0 Å². The number of ether oxygens (including phenoxy) is 3. The molecule has 2 atom stereocenters. The van der Waals surface area contributed by atoms with Gasteiger partial charge < -0.3 is 19.1 Å². The highest BCUT2D eigenvalue weighted by atomic mass is 79.9. The van der Waals surface area contributed by atoms with Crippen LogP contribution in [0.5, 0.6) is 17.2 Å². The predicted molar refractivity (Wildman–Crippen MR) is 143 cm³/mol. The Morgan fingerprint density at radius 1 is 0.872 bits per heavy atom. The molecule has 3 aromatic carbocycles. The van der Waals surface area contributed by atoms with Gasteiger partial charge in [0, 0.05) is 16.2 Å². The minimum atomic E-state index is -1.27. The zero-order valence-corrected chi connectivity index (χ0v) is 22.8. The van der Waals surface area contributed by atoms with E-state index in [2.05, 4.69) is 15.9 Å². The third-order valence-corrected chi connectivity index (χ3v) is 7.80. The van der Waals surface area contributed by atoms with Crippen LogP contribution in [-0.2, 0) is 4.79 Å². The Bertz CT molecular complexity index is 1550. The van der Waals surface area contributed by atoms with E-state index in [-0.39, 0.29) is 11.1 Å². The van der Waals surface area contributed by atoms with Crippen molar-refractivity contribution in [1.82, 2.24) is 4.90 Å². The van der Waals surface area contributed by atoms with Gasteiger partial charge in [-0.25, -0.2) is 0 Å². The van der Waals surface area contributed by atoms with Crippen LogP contribution in [0.1, 0.15) is 37.9 Å². The smallest absolute Gasteiger partial charge is 0.282 e. The number of halogens is 1. The quantitative estimate of drug-likeness (QED) is 0.170. The Balaban J connectivity index is 1.67. The summed E-state index contributed by atoms with van der Waals surface area (Å²) in [5, 5.41) is 11.6. The molecule has 0 bridgehead atoms. The van der Waals surface area contributed by atoms with E-state index >= 15 is 0 Å². The van der Waals surface area contributed by atoms with Crippen LogP contribution in [0.15, 0.2) is 53.0 Å². The van der Waals surface area contributed by atoms with Crippen molar-refractivity contribution < 1.29 is 33.5 Å². The van der Waals surface area contributed by atoms with Crippen LogP contribution in [0.4, 0.5) is 11.4 Å². The number of anilines is 1. The lowest BCUT2D eigenvalue weighted by Crippen LogP contribution is -2.67. The molecule has 12 heteroatoms. The number of nitro groups is 1. The molecule has 2 aliphatic heterocycles. The minimum absolute atomic E-state index is 0.122. The van der Waals surface area contributed by atoms with Gasteiger partial charge >= 0.3 is 0 Å². The third kappa shape index (κ3) is 3.90. The lowest BCUT2D eigenvalue weighted by atomic mass is 9.85. The van der Waals surface area contributed by atoms with E-state index in [0.29, 0.717) is 28.5 Å². The Hall–Kier alpha value is -4.45. The maximum absolute atomic E-state index is 13.8. The molecule has 3 amide bonds. The second kappa shape index (κ2) is 9.70. The molecule has 1 saturated heterocycles. The van der Waals surface area contributed by atoms with Crippen LogP contribution in [0.2, 0.25) is 0 Å². The van der Waals surface area contributed by atoms with Gasteiger partial charge in [0.25, 0.3) is 23.4 Å². The monoisotopic (exact) mass is 595 g/mol. The average Bonchev–Trinajstić information content (AvgIpc) is 3.17. The van der Waals surface area contributed by atoms with Crippen LogP contribution in [0.25, 0.3) is 0 Å². The molecule has 0 aliphatic carbocycles. The lowest BCUT2D eigenvalue weighted by Gasteiger charge is -2.50. The molecule has 0 N–H and O–H groups in total. The number of fused-ring (bicyclic) bond motifs is 1. The summed E-state index contributed by atoms with van der Waals surface area (Å²) in [4.78, 5) is 54.0. The van der Waals surface area contributed by atoms with E-state index in [9.17, 15) is 24.5 Å². The summed E-state index contributed by atoms with van der Waals surface area (Å²) in [6, 6.07) is 10.3.